The molecule has 0 aromatic heterocycles. The number of carbonyl (C=O) groups excluding carboxylic acids is 2. The molecule has 6 heteroatoms. The fourth-order valence-corrected chi connectivity index (χ4v) is 3.69. The van der Waals surface area contributed by atoms with Gasteiger partial charge in [-0.1, -0.05) is 18.2 Å². The van der Waals surface area contributed by atoms with E-state index in [1.165, 1.54) is 0 Å². The van der Waals surface area contributed by atoms with E-state index < -0.39 is 0 Å². The Morgan fingerprint density at radius 3 is 2.50 bits per heavy atom. The Morgan fingerprint density at radius 2 is 1.81 bits per heavy atom. The predicted molar refractivity (Wildman–Crippen MR) is 104 cm³/mol. The molecular weight excluding hydrogens is 328 g/mol. The van der Waals surface area contributed by atoms with E-state index in [1.807, 2.05) is 29.2 Å². The minimum absolute atomic E-state index is 0.141. The molecule has 1 aromatic rings. The van der Waals surface area contributed by atoms with Crippen molar-refractivity contribution in [2.24, 2.45) is 0 Å². The zero-order valence-corrected chi connectivity index (χ0v) is 15.2. The summed E-state index contributed by atoms with van der Waals surface area (Å²) in [5.41, 5.74) is 1.81. The van der Waals surface area contributed by atoms with E-state index in [2.05, 4.69) is 22.1 Å². The number of hydrogen-bond donors (Lipinski definition) is 2. The Morgan fingerprint density at radius 1 is 1.12 bits per heavy atom. The summed E-state index contributed by atoms with van der Waals surface area (Å²) < 4.78 is 0. The number of nitrogens with one attached hydrogen (secondary N) is 2. The lowest BCUT2D eigenvalue weighted by Crippen LogP contribution is -2.48. The minimum Gasteiger partial charge on any atom is -0.371 e. The second-order valence-corrected chi connectivity index (χ2v) is 6.92. The number of para-hydroxylation sites is 1. The summed E-state index contributed by atoms with van der Waals surface area (Å²) >= 11 is 0. The Hall–Kier alpha value is -2.50. The fourth-order valence-electron chi connectivity index (χ4n) is 3.69. The molecule has 0 bridgehead atoms. The number of benzene rings is 1. The van der Waals surface area contributed by atoms with Gasteiger partial charge in [0.2, 0.25) is 0 Å². The highest BCUT2D eigenvalue weighted by molar-refractivity contribution is 6.00. The monoisotopic (exact) mass is 356 g/mol. The Kier molecular flexibility index (Phi) is 6.15. The molecular formula is C20H28N4O2. The van der Waals surface area contributed by atoms with E-state index in [0.29, 0.717) is 6.54 Å². The quantitative estimate of drug-likeness (QED) is 0.796. The molecule has 2 aliphatic heterocycles. The number of nitrogens with zero attached hydrogens (tertiary/aromatic N) is 2. The van der Waals surface area contributed by atoms with Crippen LogP contribution in [0.1, 0.15) is 36.0 Å². The van der Waals surface area contributed by atoms with Gasteiger partial charge in [-0.05, 0) is 37.8 Å². The van der Waals surface area contributed by atoms with E-state index in [1.54, 1.807) is 6.08 Å². The van der Waals surface area contributed by atoms with Gasteiger partial charge in [0.15, 0.2) is 0 Å². The van der Waals surface area contributed by atoms with Crippen molar-refractivity contribution in [3.8, 4) is 0 Å². The van der Waals surface area contributed by atoms with E-state index in [9.17, 15) is 9.59 Å². The highest BCUT2D eigenvalue weighted by atomic mass is 16.2. The van der Waals surface area contributed by atoms with Gasteiger partial charge in [-0.15, -0.1) is 6.58 Å². The van der Waals surface area contributed by atoms with Crippen LogP contribution >= 0.6 is 0 Å². The molecule has 0 saturated carbocycles. The molecule has 1 aromatic carbocycles. The van der Waals surface area contributed by atoms with Gasteiger partial charge in [0, 0.05) is 44.5 Å². The van der Waals surface area contributed by atoms with Crippen LogP contribution in [0.15, 0.2) is 36.9 Å². The van der Waals surface area contributed by atoms with Crippen molar-refractivity contribution in [1.29, 1.82) is 0 Å². The van der Waals surface area contributed by atoms with Crippen molar-refractivity contribution in [2.75, 3.05) is 37.6 Å². The number of amides is 3. The summed E-state index contributed by atoms with van der Waals surface area (Å²) in [6, 6.07) is 7.91. The SMILES string of the molecule is C=CCNC(=O)NC1CCN(c2ccccc2C(=O)N2CCCC2)CC1. The van der Waals surface area contributed by atoms with Gasteiger partial charge in [-0.3, -0.25) is 4.79 Å². The average Bonchev–Trinajstić information content (AvgIpc) is 3.21. The highest BCUT2D eigenvalue weighted by Crippen LogP contribution is 2.26. The molecule has 3 rings (SSSR count). The molecule has 2 saturated heterocycles. The average molecular weight is 356 g/mol. The fraction of sp³-hybridized carbons (Fsp3) is 0.500. The van der Waals surface area contributed by atoms with Crippen LogP contribution in [0.5, 0.6) is 0 Å². The lowest BCUT2D eigenvalue weighted by atomic mass is 10.0. The van der Waals surface area contributed by atoms with Gasteiger partial charge in [0.05, 0.1) is 5.56 Å². The maximum absolute atomic E-state index is 12.8. The minimum atomic E-state index is -0.145. The van der Waals surface area contributed by atoms with Crippen LogP contribution in [0.4, 0.5) is 10.5 Å². The van der Waals surface area contributed by atoms with E-state index in [-0.39, 0.29) is 18.0 Å². The number of hydrogen-bond acceptors (Lipinski definition) is 3. The van der Waals surface area contributed by atoms with Crippen LogP contribution in [0.2, 0.25) is 0 Å². The predicted octanol–water partition coefficient (Wildman–Crippen LogP) is 2.38. The van der Waals surface area contributed by atoms with Crippen molar-refractivity contribution in [2.45, 2.75) is 31.7 Å². The van der Waals surface area contributed by atoms with Crippen LogP contribution in [0.3, 0.4) is 0 Å². The maximum Gasteiger partial charge on any atom is 0.315 e. The van der Waals surface area contributed by atoms with Gasteiger partial charge in [0.25, 0.3) is 5.91 Å². The number of rotatable bonds is 5. The smallest absolute Gasteiger partial charge is 0.315 e. The first kappa shape index (κ1) is 18.3. The third kappa shape index (κ3) is 4.36. The van der Waals surface area contributed by atoms with Crippen molar-refractivity contribution >= 4 is 17.6 Å². The molecule has 2 N–H and O–H groups in total. The van der Waals surface area contributed by atoms with Gasteiger partial charge in [0.1, 0.15) is 0 Å². The molecule has 0 radical (unpaired) electrons. The first-order valence-electron chi connectivity index (χ1n) is 9.47. The van der Waals surface area contributed by atoms with Crippen molar-refractivity contribution in [3.63, 3.8) is 0 Å². The zero-order chi connectivity index (χ0) is 18.4. The first-order valence-corrected chi connectivity index (χ1v) is 9.47. The molecule has 6 nitrogen and oxygen atoms in total. The molecule has 140 valence electrons. The molecule has 0 spiro atoms. The number of piperidine rings is 1. The summed E-state index contributed by atoms with van der Waals surface area (Å²) in [5.74, 6) is 0.141. The van der Waals surface area contributed by atoms with E-state index >= 15 is 0 Å². The van der Waals surface area contributed by atoms with Gasteiger partial charge in [-0.25, -0.2) is 4.79 Å². The number of likely N-dealkylation sites (tertiary alicyclic amines) is 1. The van der Waals surface area contributed by atoms with Crippen LogP contribution in [-0.4, -0.2) is 55.6 Å². The summed E-state index contributed by atoms with van der Waals surface area (Å²) in [4.78, 5) is 28.8. The topological polar surface area (TPSA) is 64.7 Å². The standard InChI is InChI=1S/C20H28N4O2/c1-2-11-21-20(26)22-16-9-14-23(15-10-16)18-8-4-3-7-17(18)19(25)24-12-5-6-13-24/h2-4,7-8,16H,1,5-6,9-15H2,(H2,21,22,26). The Labute approximate surface area is 155 Å². The molecule has 3 amide bonds. The number of carbonyl (C=O) groups is 2. The largest absolute Gasteiger partial charge is 0.371 e. The van der Waals surface area contributed by atoms with Gasteiger partial charge in [-0.2, -0.15) is 0 Å². The van der Waals surface area contributed by atoms with Crippen LogP contribution in [-0.2, 0) is 0 Å². The Bertz CT molecular complexity index is 647. The maximum atomic E-state index is 12.8. The number of urea groups is 1. The lowest BCUT2D eigenvalue weighted by molar-refractivity contribution is 0.0793. The summed E-state index contributed by atoms with van der Waals surface area (Å²) in [5, 5.41) is 5.75. The van der Waals surface area contributed by atoms with Gasteiger partial charge >= 0.3 is 6.03 Å². The molecule has 2 fully saturated rings. The third-order valence-corrected chi connectivity index (χ3v) is 5.11. The molecule has 26 heavy (non-hydrogen) atoms. The van der Waals surface area contributed by atoms with Crippen molar-refractivity contribution in [1.82, 2.24) is 15.5 Å². The van der Waals surface area contributed by atoms with Crippen molar-refractivity contribution in [3.05, 3.63) is 42.5 Å². The lowest BCUT2D eigenvalue weighted by Gasteiger charge is -2.35. The summed E-state index contributed by atoms with van der Waals surface area (Å²) in [7, 11) is 0. The Balaban J connectivity index is 1.60. The highest BCUT2D eigenvalue weighted by Gasteiger charge is 2.26. The second-order valence-electron chi connectivity index (χ2n) is 6.92. The second kappa shape index (κ2) is 8.74. The van der Waals surface area contributed by atoms with Crippen molar-refractivity contribution < 1.29 is 9.59 Å². The molecule has 0 unspecified atom stereocenters. The van der Waals surface area contributed by atoms with E-state index in [0.717, 1.165) is 63.1 Å². The third-order valence-electron chi connectivity index (χ3n) is 5.11. The van der Waals surface area contributed by atoms with Crippen LogP contribution in [0.25, 0.3) is 0 Å². The van der Waals surface area contributed by atoms with Gasteiger partial charge < -0.3 is 20.4 Å². The first-order chi connectivity index (χ1) is 12.7. The van der Waals surface area contributed by atoms with Crippen LogP contribution in [0, 0.1) is 0 Å². The number of anilines is 1. The summed E-state index contributed by atoms with van der Waals surface area (Å²) in [6.45, 7) is 7.44. The molecule has 2 aliphatic rings. The van der Waals surface area contributed by atoms with Crippen LogP contribution < -0.4 is 15.5 Å². The molecule has 2 heterocycles. The molecule has 0 aliphatic carbocycles. The molecule has 0 atom stereocenters. The van der Waals surface area contributed by atoms with E-state index in [4.69, 9.17) is 0 Å². The normalized spacial score (nSPS) is 17.8. The zero-order valence-electron chi connectivity index (χ0n) is 15.2. The summed E-state index contributed by atoms with van der Waals surface area (Å²) in [6.07, 6.45) is 5.59.